The van der Waals surface area contributed by atoms with Crippen LogP contribution in [0.2, 0.25) is 0 Å². The average molecular weight is 306 g/mol. The molecule has 5 nitrogen and oxygen atoms in total. The number of likely N-dealkylation sites (N-methyl/N-ethyl adjacent to an activating group) is 1. The van der Waals surface area contributed by atoms with E-state index in [1.807, 2.05) is 43.3 Å². The molecule has 0 bridgehead atoms. The second-order valence-electron chi connectivity index (χ2n) is 5.56. The lowest BCUT2D eigenvalue weighted by molar-refractivity contribution is -0.119. The van der Waals surface area contributed by atoms with Gasteiger partial charge in [0.15, 0.2) is 0 Å². The zero-order valence-electron chi connectivity index (χ0n) is 13.0. The van der Waals surface area contributed by atoms with Crippen LogP contribution in [-0.2, 0) is 4.79 Å². The number of amides is 1. The number of fused-ring (bicyclic) bond motifs is 1. The zero-order valence-corrected chi connectivity index (χ0v) is 13.0. The molecule has 2 aromatic rings. The Morgan fingerprint density at radius 3 is 2.57 bits per heavy atom. The first kappa shape index (κ1) is 15.1. The SMILES string of the molecule is CCN1C(=O)C(N=[N+]=[N-])CC(c2ccccc2)c2ccccc21. The summed E-state index contributed by atoms with van der Waals surface area (Å²) in [6.07, 6.45) is 0.487. The van der Waals surface area contributed by atoms with Crippen LogP contribution in [0.15, 0.2) is 59.7 Å². The van der Waals surface area contributed by atoms with Crippen molar-refractivity contribution < 1.29 is 4.79 Å². The van der Waals surface area contributed by atoms with Crippen molar-refractivity contribution in [3.8, 4) is 0 Å². The molecule has 0 fully saturated rings. The zero-order chi connectivity index (χ0) is 16.2. The largest absolute Gasteiger partial charge is 0.312 e. The summed E-state index contributed by atoms with van der Waals surface area (Å²) in [4.78, 5) is 17.4. The van der Waals surface area contributed by atoms with Crippen LogP contribution in [0.3, 0.4) is 0 Å². The van der Waals surface area contributed by atoms with E-state index in [9.17, 15) is 4.79 Å². The summed E-state index contributed by atoms with van der Waals surface area (Å²) in [5.41, 5.74) is 12.0. The Hall–Kier alpha value is -2.78. The highest BCUT2D eigenvalue weighted by Crippen LogP contribution is 2.39. The fraction of sp³-hybridized carbons (Fsp3) is 0.278. The summed E-state index contributed by atoms with van der Waals surface area (Å²) in [7, 11) is 0. The van der Waals surface area contributed by atoms with Crippen LogP contribution in [0.4, 0.5) is 5.69 Å². The number of carbonyl (C=O) groups is 1. The second kappa shape index (κ2) is 6.55. The lowest BCUT2D eigenvalue weighted by Gasteiger charge is -2.23. The molecule has 0 spiro atoms. The number of hydrogen-bond acceptors (Lipinski definition) is 2. The van der Waals surface area contributed by atoms with Gasteiger partial charge in [0, 0.05) is 23.1 Å². The van der Waals surface area contributed by atoms with Gasteiger partial charge in [-0.05, 0) is 36.1 Å². The smallest absolute Gasteiger partial charge is 0.236 e. The molecule has 1 amide bonds. The van der Waals surface area contributed by atoms with Crippen molar-refractivity contribution >= 4 is 11.6 Å². The number of benzene rings is 2. The molecular formula is C18H18N4O. The van der Waals surface area contributed by atoms with Crippen molar-refractivity contribution in [2.75, 3.05) is 11.4 Å². The lowest BCUT2D eigenvalue weighted by Crippen LogP contribution is -2.37. The quantitative estimate of drug-likeness (QED) is 0.474. The van der Waals surface area contributed by atoms with Gasteiger partial charge in [0.05, 0.1) is 0 Å². The number of para-hydroxylation sites is 1. The first-order valence-electron chi connectivity index (χ1n) is 7.75. The van der Waals surface area contributed by atoms with E-state index in [1.54, 1.807) is 4.90 Å². The maximum atomic E-state index is 12.8. The number of azide groups is 1. The standard InChI is InChI=1S/C18H18N4O/c1-2-22-17-11-7-6-10-14(17)15(13-8-4-3-5-9-13)12-16(18(22)23)20-21-19/h3-11,15-16H,2,12H2,1H3. The van der Waals surface area contributed by atoms with Gasteiger partial charge in [-0.2, -0.15) is 0 Å². The number of rotatable bonds is 3. The molecule has 2 unspecified atom stereocenters. The van der Waals surface area contributed by atoms with Gasteiger partial charge in [0.1, 0.15) is 6.04 Å². The molecule has 5 heteroatoms. The predicted molar refractivity (Wildman–Crippen MR) is 90.3 cm³/mol. The highest BCUT2D eigenvalue weighted by molar-refractivity contribution is 5.99. The van der Waals surface area contributed by atoms with Gasteiger partial charge in [0.25, 0.3) is 0 Å². The second-order valence-corrected chi connectivity index (χ2v) is 5.56. The van der Waals surface area contributed by atoms with Crippen molar-refractivity contribution in [2.24, 2.45) is 5.11 Å². The summed E-state index contributed by atoms with van der Waals surface area (Å²) < 4.78 is 0. The van der Waals surface area contributed by atoms with E-state index in [2.05, 4.69) is 28.2 Å². The van der Waals surface area contributed by atoms with E-state index >= 15 is 0 Å². The number of anilines is 1. The average Bonchev–Trinajstić information content (AvgIpc) is 2.71. The van der Waals surface area contributed by atoms with E-state index in [0.29, 0.717) is 13.0 Å². The van der Waals surface area contributed by atoms with Crippen molar-refractivity contribution in [3.05, 3.63) is 76.2 Å². The fourth-order valence-corrected chi connectivity index (χ4v) is 3.26. The molecule has 1 aliphatic heterocycles. The van der Waals surface area contributed by atoms with E-state index in [0.717, 1.165) is 16.8 Å². The Morgan fingerprint density at radius 2 is 1.87 bits per heavy atom. The van der Waals surface area contributed by atoms with Crippen molar-refractivity contribution in [1.29, 1.82) is 0 Å². The Balaban J connectivity index is 2.18. The molecule has 0 N–H and O–H groups in total. The molecule has 1 heterocycles. The van der Waals surface area contributed by atoms with Crippen LogP contribution in [-0.4, -0.2) is 18.5 Å². The van der Waals surface area contributed by atoms with E-state index < -0.39 is 6.04 Å². The summed E-state index contributed by atoms with van der Waals surface area (Å²) in [5.74, 6) is -0.0976. The number of carbonyl (C=O) groups excluding carboxylic acids is 1. The molecular weight excluding hydrogens is 288 g/mol. The lowest BCUT2D eigenvalue weighted by atomic mass is 9.86. The topological polar surface area (TPSA) is 69.1 Å². The van der Waals surface area contributed by atoms with Crippen LogP contribution in [0.1, 0.15) is 30.4 Å². The van der Waals surface area contributed by atoms with Crippen LogP contribution < -0.4 is 4.90 Å². The Labute approximate surface area is 135 Å². The Morgan fingerprint density at radius 1 is 1.17 bits per heavy atom. The van der Waals surface area contributed by atoms with Gasteiger partial charge in [-0.15, -0.1) is 0 Å². The highest BCUT2D eigenvalue weighted by atomic mass is 16.2. The molecule has 2 aromatic carbocycles. The van der Waals surface area contributed by atoms with Crippen LogP contribution in [0.25, 0.3) is 10.4 Å². The molecule has 3 rings (SSSR count). The first-order chi connectivity index (χ1) is 11.3. The van der Waals surface area contributed by atoms with E-state index in [1.165, 1.54) is 0 Å². The van der Waals surface area contributed by atoms with Gasteiger partial charge >= 0.3 is 0 Å². The van der Waals surface area contributed by atoms with Crippen molar-refractivity contribution in [3.63, 3.8) is 0 Å². The molecule has 2 atom stereocenters. The summed E-state index contributed by atoms with van der Waals surface area (Å²) in [6.45, 7) is 2.49. The third kappa shape index (κ3) is 2.79. The minimum Gasteiger partial charge on any atom is -0.312 e. The highest BCUT2D eigenvalue weighted by Gasteiger charge is 2.34. The Kier molecular flexibility index (Phi) is 4.31. The molecule has 0 radical (unpaired) electrons. The molecule has 1 aliphatic rings. The van der Waals surface area contributed by atoms with Gasteiger partial charge in [-0.25, -0.2) is 0 Å². The maximum absolute atomic E-state index is 12.8. The maximum Gasteiger partial charge on any atom is 0.236 e. The van der Waals surface area contributed by atoms with Crippen LogP contribution in [0.5, 0.6) is 0 Å². The van der Waals surface area contributed by atoms with Crippen LogP contribution >= 0.6 is 0 Å². The third-order valence-corrected chi connectivity index (χ3v) is 4.32. The molecule has 0 saturated carbocycles. The molecule has 0 aromatic heterocycles. The van der Waals surface area contributed by atoms with Gasteiger partial charge < -0.3 is 4.90 Å². The minimum atomic E-state index is -0.683. The van der Waals surface area contributed by atoms with Gasteiger partial charge in [0.2, 0.25) is 5.91 Å². The van der Waals surface area contributed by atoms with Gasteiger partial charge in [-0.3, -0.25) is 4.79 Å². The van der Waals surface area contributed by atoms with E-state index in [-0.39, 0.29) is 11.8 Å². The summed E-state index contributed by atoms with van der Waals surface area (Å²) >= 11 is 0. The third-order valence-electron chi connectivity index (χ3n) is 4.32. The monoisotopic (exact) mass is 306 g/mol. The Bertz CT molecular complexity index is 753. The fourth-order valence-electron chi connectivity index (χ4n) is 3.26. The molecule has 0 aliphatic carbocycles. The molecule has 0 saturated heterocycles. The number of hydrogen-bond donors (Lipinski definition) is 0. The molecule has 23 heavy (non-hydrogen) atoms. The summed E-state index contributed by atoms with van der Waals surface area (Å²) in [5, 5.41) is 3.77. The van der Waals surface area contributed by atoms with Crippen molar-refractivity contribution in [1.82, 2.24) is 0 Å². The summed E-state index contributed by atoms with van der Waals surface area (Å²) in [6, 6.07) is 17.3. The minimum absolute atomic E-state index is 0.0309. The number of nitrogens with zero attached hydrogens (tertiary/aromatic N) is 4. The van der Waals surface area contributed by atoms with Crippen molar-refractivity contribution in [2.45, 2.75) is 25.3 Å². The van der Waals surface area contributed by atoms with Gasteiger partial charge in [-0.1, -0.05) is 53.6 Å². The van der Waals surface area contributed by atoms with E-state index in [4.69, 9.17) is 5.53 Å². The molecule has 116 valence electrons. The predicted octanol–water partition coefficient (Wildman–Crippen LogP) is 4.25. The van der Waals surface area contributed by atoms with Crippen LogP contribution in [0, 0.1) is 0 Å². The first-order valence-corrected chi connectivity index (χ1v) is 7.75. The normalized spacial score (nSPS) is 20.4.